The number of fused-ring (bicyclic) bond motifs is 1. The number of carbonyl (C=O) groups is 1. The number of rotatable bonds is 5. The fourth-order valence-electron chi connectivity index (χ4n) is 2.68. The molecule has 1 aromatic rings. The molecule has 0 fully saturated rings. The summed E-state index contributed by atoms with van der Waals surface area (Å²) in [6, 6.07) is 2.78. The van der Waals surface area contributed by atoms with Gasteiger partial charge in [0.15, 0.2) is 11.6 Å². The Balaban J connectivity index is 2.28. The Hall–Kier alpha value is -1.62. The van der Waals surface area contributed by atoms with Crippen molar-refractivity contribution in [3.05, 3.63) is 29.1 Å². The van der Waals surface area contributed by atoms with Gasteiger partial charge in [0.2, 0.25) is 5.91 Å². The van der Waals surface area contributed by atoms with Crippen molar-refractivity contribution >= 4 is 5.91 Å². The van der Waals surface area contributed by atoms with Crippen molar-refractivity contribution in [2.24, 2.45) is 5.92 Å². The van der Waals surface area contributed by atoms with Crippen LogP contribution in [-0.2, 0) is 4.79 Å². The number of aliphatic hydroxyl groups excluding tert-OH is 1. The molecule has 2 unspecified atom stereocenters. The van der Waals surface area contributed by atoms with Gasteiger partial charge in [-0.3, -0.25) is 4.79 Å². The van der Waals surface area contributed by atoms with Gasteiger partial charge in [-0.1, -0.05) is 20.8 Å². The maximum atomic E-state index is 14.2. The average molecular weight is 309 g/mol. The van der Waals surface area contributed by atoms with E-state index in [4.69, 9.17) is 4.74 Å². The molecule has 1 aliphatic heterocycles. The number of hydrogen-bond acceptors (Lipinski definition) is 3. The van der Waals surface area contributed by atoms with Gasteiger partial charge >= 0.3 is 0 Å². The second-order valence-electron chi connectivity index (χ2n) is 6.20. The molecule has 2 N–H and O–H groups in total. The summed E-state index contributed by atoms with van der Waals surface area (Å²) in [7, 11) is 0. The molecule has 2 rings (SSSR count). The smallest absolute Gasteiger partial charge is 0.220 e. The Morgan fingerprint density at radius 2 is 2.23 bits per heavy atom. The fraction of sp³-hybridized carbons (Fsp3) is 0.588. The lowest BCUT2D eigenvalue weighted by Crippen LogP contribution is -2.33. The van der Waals surface area contributed by atoms with Gasteiger partial charge in [0.05, 0.1) is 18.8 Å². The van der Waals surface area contributed by atoms with Gasteiger partial charge in [0.25, 0.3) is 0 Å². The summed E-state index contributed by atoms with van der Waals surface area (Å²) < 4.78 is 19.6. The first-order valence-electron chi connectivity index (χ1n) is 7.85. The lowest BCUT2D eigenvalue weighted by atomic mass is 9.95. The molecule has 0 spiro atoms. The second kappa shape index (κ2) is 7.09. The number of halogens is 1. The summed E-state index contributed by atoms with van der Waals surface area (Å²) in [6.45, 7) is 6.16. The third-order valence-electron chi connectivity index (χ3n) is 3.82. The number of nitrogens with one attached hydrogen (secondary N) is 1. The largest absolute Gasteiger partial charge is 0.490 e. The minimum Gasteiger partial charge on any atom is -0.490 e. The van der Waals surface area contributed by atoms with Crippen molar-refractivity contribution in [2.75, 3.05) is 6.61 Å². The van der Waals surface area contributed by atoms with E-state index in [1.165, 1.54) is 6.07 Å². The van der Waals surface area contributed by atoms with Gasteiger partial charge in [-0.2, -0.15) is 0 Å². The molecule has 5 heteroatoms. The standard InChI is InChI=1S/C17H24FNO3/c1-4-15(20)11-8-12-14(19-16(21)7-10(2)3)5-6-22-17(12)13(18)9-11/h8-10,14-15,20H,4-7H2,1-3H3,(H,19,21). The Morgan fingerprint density at radius 3 is 2.86 bits per heavy atom. The maximum absolute atomic E-state index is 14.2. The van der Waals surface area contributed by atoms with E-state index in [0.717, 1.165) is 0 Å². The number of amides is 1. The normalized spacial score (nSPS) is 18.5. The Labute approximate surface area is 130 Å². The van der Waals surface area contributed by atoms with E-state index in [9.17, 15) is 14.3 Å². The lowest BCUT2D eigenvalue weighted by Gasteiger charge is -2.28. The zero-order valence-electron chi connectivity index (χ0n) is 13.4. The van der Waals surface area contributed by atoms with Crippen LogP contribution in [-0.4, -0.2) is 17.6 Å². The monoisotopic (exact) mass is 309 g/mol. The summed E-state index contributed by atoms with van der Waals surface area (Å²) in [4.78, 5) is 12.0. The molecule has 0 bridgehead atoms. The fourth-order valence-corrected chi connectivity index (χ4v) is 2.68. The third-order valence-corrected chi connectivity index (χ3v) is 3.82. The first kappa shape index (κ1) is 16.7. The summed E-state index contributed by atoms with van der Waals surface area (Å²) >= 11 is 0. The van der Waals surface area contributed by atoms with E-state index < -0.39 is 11.9 Å². The van der Waals surface area contributed by atoms with Crippen LogP contribution in [0.25, 0.3) is 0 Å². The molecular weight excluding hydrogens is 285 g/mol. The van der Waals surface area contributed by atoms with E-state index in [-0.39, 0.29) is 23.6 Å². The van der Waals surface area contributed by atoms with Gasteiger partial charge < -0.3 is 15.2 Å². The van der Waals surface area contributed by atoms with Crippen molar-refractivity contribution < 1.29 is 19.0 Å². The van der Waals surface area contributed by atoms with Crippen LogP contribution in [0.2, 0.25) is 0 Å². The highest BCUT2D eigenvalue weighted by Crippen LogP contribution is 2.37. The quantitative estimate of drug-likeness (QED) is 0.878. The number of carbonyl (C=O) groups excluding carboxylic acids is 1. The van der Waals surface area contributed by atoms with Crippen molar-refractivity contribution in [1.82, 2.24) is 5.32 Å². The SMILES string of the molecule is CCC(O)c1cc(F)c2c(c1)C(NC(=O)CC(C)C)CCO2. The van der Waals surface area contributed by atoms with Crippen LogP contribution >= 0.6 is 0 Å². The van der Waals surface area contributed by atoms with Gasteiger partial charge in [-0.15, -0.1) is 0 Å². The molecule has 22 heavy (non-hydrogen) atoms. The Morgan fingerprint density at radius 1 is 1.50 bits per heavy atom. The van der Waals surface area contributed by atoms with E-state index in [1.54, 1.807) is 6.07 Å². The van der Waals surface area contributed by atoms with Crippen molar-refractivity contribution in [3.63, 3.8) is 0 Å². The van der Waals surface area contributed by atoms with E-state index in [2.05, 4.69) is 5.32 Å². The highest BCUT2D eigenvalue weighted by atomic mass is 19.1. The van der Waals surface area contributed by atoms with E-state index >= 15 is 0 Å². The zero-order valence-corrected chi connectivity index (χ0v) is 13.4. The summed E-state index contributed by atoms with van der Waals surface area (Å²) in [5, 5.41) is 12.9. The predicted octanol–water partition coefficient (Wildman–Crippen LogP) is 3.26. The van der Waals surface area contributed by atoms with Crippen LogP contribution in [0, 0.1) is 11.7 Å². The average Bonchev–Trinajstić information content (AvgIpc) is 2.46. The summed E-state index contributed by atoms with van der Waals surface area (Å²) in [5.74, 6) is -0.0741. The minimum absolute atomic E-state index is 0.0466. The molecule has 1 aliphatic rings. The first-order chi connectivity index (χ1) is 10.4. The first-order valence-corrected chi connectivity index (χ1v) is 7.85. The number of benzene rings is 1. The van der Waals surface area contributed by atoms with Gasteiger partial charge in [-0.05, 0) is 30.0 Å². The van der Waals surface area contributed by atoms with Crippen molar-refractivity contribution in [2.45, 2.75) is 52.2 Å². The van der Waals surface area contributed by atoms with E-state index in [0.29, 0.717) is 37.0 Å². The molecule has 2 atom stereocenters. The highest BCUT2D eigenvalue weighted by molar-refractivity contribution is 5.76. The molecule has 1 aromatic carbocycles. The number of aliphatic hydroxyl groups is 1. The lowest BCUT2D eigenvalue weighted by molar-refractivity contribution is -0.122. The number of ether oxygens (including phenoxy) is 1. The molecule has 0 aliphatic carbocycles. The van der Waals surface area contributed by atoms with Gasteiger partial charge in [0, 0.05) is 18.4 Å². The zero-order chi connectivity index (χ0) is 16.3. The van der Waals surface area contributed by atoms with Gasteiger partial charge in [0.1, 0.15) is 0 Å². The maximum Gasteiger partial charge on any atom is 0.220 e. The van der Waals surface area contributed by atoms with Gasteiger partial charge in [-0.25, -0.2) is 4.39 Å². The Kier molecular flexibility index (Phi) is 5.40. The molecule has 0 radical (unpaired) electrons. The third kappa shape index (κ3) is 3.77. The van der Waals surface area contributed by atoms with Crippen molar-refractivity contribution in [3.8, 4) is 5.75 Å². The molecule has 4 nitrogen and oxygen atoms in total. The summed E-state index contributed by atoms with van der Waals surface area (Å²) in [5.41, 5.74) is 1.14. The van der Waals surface area contributed by atoms with Crippen LogP contribution in [0.1, 0.15) is 63.3 Å². The molecule has 0 saturated heterocycles. The van der Waals surface area contributed by atoms with Crippen LogP contribution in [0.15, 0.2) is 12.1 Å². The second-order valence-corrected chi connectivity index (χ2v) is 6.20. The minimum atomic E-state index is -0.714. The molecule has 1 heterocycles. The molecule has 1 amide bonds. The molecular formula is C17H24FNO3. The predicted molar refractivity (Wildman–Crippen MR) is 82.1 cm³/mol. The van der Waals surface area contributed by atoms with Crippen LogP contribution in [0.4, 0.5) is 4.39 Å². The molecule has 0 saturated carbocycles. The molecule has 122 valence electrons. The van der Waals surface area contributed by atoms with Crippen LogP contribution < -0.4 is 10.1 Å². The molecule has 0 aromatic heterocycles. The summed E-state index contributed by atoms with van der Waals surface area (Å²) in [6.07, 6.45) is 0.825. The van der Waals surface area contributed by atoms with Crippen molar-refractivity contribution in [1.29, 1.82) is 0 Å². The highest BCUT2D eigenvalue weighted by Gasteiger charge is 2.27. The van der Waals surface area contributed by atoms with Crippen LogP contribution in [0.3, 0.4) is 0 Å². The van der Waals surface area contributed by atoms with Crippen LogP contribution in [0.5, 0.6) is 5.75 Å². The van der Waals surface area contributed by atoms with E-state index in [1.807, 2.05) is 20.8 Å². The Bertz CT molecular complexity index is 545. The topological polar surface area (TPSA) is 58.6 Å². The number of hydrogen-bond donors (Lipinski definition) is 2.